The van der Waals surface area contributed by atoms with Gasteiger partial charge in [-0.25, -0.2) is 0 Å². The van der Waals surface area contributed by atoms with Crippen LogP contribution in [0.25, 0.3) is 0 Å². The van der Waals surface area contributed by atoms with Gasteiger partial charge in [0.15, 0.2) is 0 Å². The lowest BCUT2D eigenvalue weighted by Gasteiger charge is -2.13. The third-order valence-corrected chi connectivity index (χ3v) is 3.63. The zero-order chi connectivity index (χ0) is 19.5. The molecule has 1 N–H and O–H groups in total. The Bertz CT molecular complexity index is 456. The van der Waals surface area contributed by atoms with Gasteiger partial charge in [0.2, 0.25) is 0 Å². The highest BCUT2D eigenvalue weighted by Crippen LogP contribution is 2.23. The second-order valence-electron chi connectivity index (χ2n) is 6.05. The van der Waals surface area contributed by atoms with E-state index in [9.17, 15) is 13.2 Å². The molecule has 26 heavy (non-hydrogen) atoms. The minimum Gasteiger partial charge on any atom is -0.384 e. The molecule has 0 aromatic heterocycles. The maximum absolute atomic E-state index is 12.1. The lowest BCUT2D eigenvalue weighted by molar-refractivity contribution is -0.205. The molecule has 1 nitrogen and oxygen atoms in total. The number of rotatable bonds is 14. The first-order valence-corrected chi connectivity index (χ1v) is 9.48. The monoisotopic (exact) mass is 370 g/mol. The van der Waals surface area contributed by atoms with E-state index in [0.717, 1.165) is 38.5 Å². The van der Waals surface area contributed by atoms with Gasteiger partial charge in [-0.15, -0.1) is 0 Å². The van der Waals surface area contributed by atoms with E-state index in [-0.39, 0.29) is 6.42 Å². The van der Waals surface area contributed by atoms with Crippen LogP contribution in [0.4, 0.5) is 13.2 Å². The molecule has 0 aromatic rings. The highest BCUT2D eigenvalue weighted by molar-refractivity contribution is 5.00. The molecular weight excluding hydrogens is 337 g/mol. The average molecular weight is 370 g/mol. The van der Waals surface area contributed by atoms with Gasteiger partial charge >= 0.3 is 6.18 Å². The van der Waals surface area contributed by atoms with Crippen molar-refractivity contribution in [3.05, 3.63) is 60.8 Å². The largest absolute Gasteiger partial charge is 0.414 e. The van der Waals surface area contributed by atoms with E-state index in [0.29, 0.717) is 12.8 Å². The number of aliphatic hydroxyl groups excluding tert-OH is 1. The number of aliphatic hydroxyl groups is 1. The lowest BCUT2D eigenvalue weighted by atomic mass is 10.1. The minimum atomic E-state index is -4.49. The van der Waals surface area contributed by atoms with Gasteiger partial charge in [-0.2, -0.15) is 13.2 Å². The van der Waals surface area contributed by atoms with E-state index in [1.165, 1.54) is 0 Å². The molecule has 0 amide bonds. The van der Waals surface area contributed by atoms with E-state index in [4.69, 9.17) is 5.11 Å². The molecule has 0 aliphatic heterocycles. The number of halogens is 3. The van der Waals surface area contributed by atoms with Crippen molar-refractivity contribution in [2.45, 2.75) is 77.0 Å². The maximum atomic E-state index is 12.1. The predicted octanol–water partition coefficient (Wildman–Crippen LogP) is 7.22. The molecule has 0 saturated heterocycles. The molecule has 0 rings (SSSR count). The second kappa shape index (κ2) is 16.9. The van der Waals surface area contributed by atoms with E-state index in [2.05, 4.69) is 55.5 Å². The first-order chi connectivity index (χ1) is 12.5. The first-order valence-electron chi connectivity index (χ1n) is 9.48. The topological polar surface area (TPSA) is 20.2 Å². The Hall–Kier alpha value is -1.55. The highest BCUT2D eigenvalue weighted by Gasteiger charge is 2.37. The number of allylic oxidation sites excluding steroid dienone is 10. The van der Waals surface area contributed by atoms with Crippen molar-refractivity contribution in [3.63, 3.8) is 0 Å². The van der Waals surface area contributed by atoms with Crippen molar-refractivity contribution in [1.29, 1.82) is 0 Å². The van der Waals surface area contributed by atoms with Gasteiger partial charge in [-0.1, -0.05) is 74.1 Å². The summed E-state index contributed by atoms with van der Waals surface area (Å²) in [5.41, 5.74) is 0. The molecule has 0 aliphatic rings. The fourth-order valence-electron chi connectivity index (χ4n) is 2.13. The molecule has 0 aliphatic carbocycles. The van der Waals surface area contributed by atoms with Gasteiger partial charge in [0.25, 0.3) is 0 Å². The predicted molar refractivity (Wildman–Crippen MR) is 105 cm³/mol. The van der Waals surface area contributed by atoms with Gasteiger partial charge in [-0.3, -0.25) is 0 Å². The first kappa shape index (κ1) is 24.5. The zero-order valence-electron chi connectivity index (χ0n) is 15.8. The van der Waals surface area contributed by atoms with Crippen LogP contribution in [0.3, 0.4) is 0 Å². The van der Waals surface area contributed by atoms with Crippen LogP contribution in [0.15, 0.2) is 60.8 Å². The minimum absolute atomic E-state index is 0.214. The van der Waals surface area contributed by atoms with E-state index in [1.807, 2.05) is 12.2 Å². The second-order valence-corrected chi connectivity index (χ2v) is 6.05. The quantitative estimate of drug-likeness (QED) is 0.253. The smallest absolute Gasteiger partial charge is 0.384 e. The summed E-state index contributed by atoms with van der Waals surface area (Å²) in [6.45, 7) is 2.13. The number of alkyl halides is 3. The Morgan fingerprint density at radius 2 is 1.12 bits per heavy atom. The van der Waals surface area contributed by atoms with Crippen LogP contribution >= 0.6 is 0 Å². The lowest BCUT2D eigenvalue weighted by Crippen LogP contribution is -2.28. The molecule has 0 fully saturated rings. The van der Waals surface area contributed by atoms with Crippen LogP contribution in [0.5, 0.6) is 0 Å². The average Bonchev–Trinajstić information content (AvgIpc) is 2.59. The molecule has 0 saturated carbocycles. The van der Waals surface area contributed by atoms with E-state index < -0.39 is 12.3 Å². The Balaban J connectivity index is 3.53. The maximum Gasteiger partial charge on any atom is 0.414 e. The van der Waals surface area contributed by atoms with Crippen LogP contribution in [0.2, 0.25) is 0 Å². The van der Waals surface area contributed by atoms with Crippen LogP contribution in [-0.4, -0.2) is 17.4 Å². The third kappa shape index (κ3) is 17.3. The Labute approximate surface area is 156 Å². The molecule has 0 spiro atoms. The van der Waals surface area contributed by atoms with Crippen molar-refractivity contribution in [3.8, 4) is 0 Å². The Kier molecular flexibility index (Phi) is 15.9. The summed E-state index contributed by atoms with van der Waals surface area (Å²) in [5.74, 6) is 0. The summed E-state index contributed by atoms with van der Waals surface area (Å²) >= 11 is 0. The normalized spacial score (nSPS) is 14.8. The third-order valence-electron chi connectivity index (χ3n) is 3.63. The molecule has 4 heteroatoms. The fraction of sp³-hybridized carbons (Fsp3) is 0.545. The molecule has 1 atom stereocenters. The Morgan fingerprint density at radius 1 is 0.692 bits per heavy atom. The molecule has 0 radical (unpaired) electrons. The summed E-state index contributed by atoms with van der Waals surface area (Å²) < 4.78 is 36.3. The summed E-state index contributed by atoms with van der Waals surface area (Å²) in [7, 11) is 0. The van der Waals surface area contributed by atoms with Crippen molar-refractivity contribution >= 4 is 0 Å². The van der Waals surface area contributed by atoms with Gasteiger partial charge in [0.05, 0.1) is 0 Å². The summed E-state index contributed by atoms with van der Waals surface area (Å²) in [5, 5.41) is 8.86. The molecule has 0 bridgehead atoms. The molecule has 1 unspecified atom stereocenters. The molecule has 0 aromatic carbocycles. The Morgan fingerprint density at radius 3 is 1.54 bits per heavy atom. The zero-order valence-corrected chi connectivity index (χ0v) is 15.8. The summed E-state index contributed by atoms with van der Waals surface area (Å²) in [6.07, 6.45) is 20.8. The van der Waals surface area contributed by atoms with Crippen LogP contribution < -0.4 is 0 Å². The SMILES string of the molecule is CC/C=C\C/C=C\C/C=C\C/C=C\C/C=C\CCCCC(O)C(F)(F)F. The standard InChI is InChI=1S/C22H33F3O/c1-2-3-4-5-6-7-8-9-10-11-12-13-14-15-16-17-18-19-20-21(26)22(23,24)25/h3-4,6-7,9-10,12-13,15-16,21,26H,2,5,8,11,14,17-20H2,1H3/b4-3-,7-6-,10-9-,13-12-,16-15-. The van der Waals surface area contributed by atoms with Crippen molar-refractivity contribution in [2.75, 3.05) is 0 Å². The summed E-state index contributed by atoms with van der Waals surface area (Å²) in [6, 6.07) is 0. The van der Waals surface area contributed by atoms with Crippen molar-refractivity contribution < 1.29 is 18.3 Å². The highest BCUT2D eigenvalue weighted by atomic mass is 19.4. The van der Waals surface area contributed by atoms with Gasteiger partial charge in [0, 0.05) is 0 Å². The molecule has 0 heterocycles. The van der Waals surface area contributed by atoms with Gasteiger partial charge in [0.1, 0.15) is 6.10 Å². The van der Waals surface area contributed by atoms with Crippen LogP contribution in [0, 0.1) is 0 Å². The van der Waals surface area contributed by atoms with Crippen LogP contribution in [0.1, 0.15) is 64.7 Å². The van der Waals surface area contributed by atoms with Crippen LogP contribution in [-0.2, 0) is 0 Å². The van der Waals surface area contributed by atoms with E-state index >= 15 is 0 Å². The number of unbranched alkanes of at least 4 members (excludes halogenated alkanes) is 2. The summed E-state index contributed by atoms with van der Waals surface area (Å²) in [4.78, 5) is 0. The van der Waals surface area contributed by atoms with E-state index in [1.54, 1.807) is 0 Å². The molecular formula is C22H33F3O. The van der Waals surface area contributed by atoms with Gasteiger partial charge < -0.3 is 5.11 Å². The van der Waals surface area contributed by atoms with Gasteiger partial charge in [-0.05, 0) is 51.4 Å². The fourth-order valence-corrected chi connectivity index (χ4v) is 2.13. The molecule has 148 valence electrons. The van der Waals surface area contributed by atoms with Crippen molar-refractivity contribution in [2.24, 2.45) is 0 Å². The number of hydrogen-bond donors (Lipinski definition) is 1. The number of hydrogen-bond acceptors (Lipinski definition) is 1. The van der Waals surface area contributed by atoms with Crippen molar-refractivity contribution in [1.82, 2.24) is 0 Å².